The fraction of sp³-hybridized carbons (Fsp3) is 0.571. The standard InChI is InChI=1S/C14H16BrF3O/c1-3-13(2)11(15)8-12(13)19-10-7-5-4-6-9(10)14(16,17)18/h4-7,11-12H,3,8H2,1-2H3. The minimum absolute atomic E-state index is 0.0703. The third-order valence-corrected chi connectivity index (χ3v) is 5.52. The molecule has 1 fully saturated rings. The Morgan fingerprint density at radius 3 is 2.53 bits per heavy atom. The molecular weight excluding hydrogens is 321 g/mol. The molecule has 1 aliphatic rings. The number of halogens is 4. The summed E-state index contributed by atoms with van der Waals surface area (Å²) in [5, 5.41) is 0. The molecule has 0 heterocycles. The van der Waals surface area contributed by atoms with Crippen molar-refractivity contribution in [1.29, 1.82) is 0 Å². The average molecular weight is 337 g/mol. The van der Waals surface area contributed by atoms with E-state index in [4.69, 9.17) is 4.74 Å². The molecule has 106 valence electrons. The number of alkyl halides is 4. The summed E-state index contributed by atoms with van der Waals surface area (Å²) in [6.07, 6.45) is -2.96. The van der Waals surface area contributed by atoms with Crippen LogP contribution >= 0.6 is 15.9 Å². The third kappa shape index (κ3) is 2.62. The minimum Gasteiger partial charge on any atom is -0.489 e. The van der Waals surface area contributed by atoms with Crippen LogP contribution in [0.3, 0.4) is 0 Å². The van der Waals surface area contributed by atoms with Gasteiger partial charge in [0.05, 0.1) is 5.56 Å². The van der Waals surface area contributed by atoms with Crippen molar-refractivity contribution in [2.75, 3.05) is 0 Å². The number of ether oxygens (including phenoxy) is 1. The van der Waals surface area contributed by atoms with Crippen LogP contribution in [0, 0.1) is 5.41 Å². The van der Waals surface area contributed by atoms with Crippen molar-refractivity contribution in [2.45, 2.75) is 43.8 Å². The largest absolute Gasteiger partial charge is 0.489 e. The van der Waals surface area contributed by atoms with Crippen LogP contribution in [0.25, 0.3) is 0 Å². The normalized spacial score (nSPS) is 30.8. The number of benzene rings is 1. The summed E-state index contributed by atoms with van der Waals surface area (Å²) in [6.45, 7) is 4.07. The first-order chi connectivity index (χ1) is 8.79. The summed E-state index contributed by atoms with van der Waals surface area (Å²) in [5.74, 6) is -0.0703. The lowest BCUT2D eigenvalue weighted by atomic mass is 9.65. The maximum absolute atomic E-state index is 12.9. The Labute approximate surface area is 119 Å². The van der Waals surface area contributed by atoms with Crippen LogP contribution in [0.15, 0.2) is 24.3 Å². The van der Waals surface area contributed by atoms with E-state index < -0.39 is 11.7 Å². The van der Waals surface area contributed by atoms with E-state index in [0.717, 1.165) is 18.9 Å². The molecular formula is C14H16BrF3O. The lowest BCUT2D eigenvalue weighted by Gasteiger charge is -2.50. The predicted molar refractivity (Wildman–Crippen MR) is 71.6 cm³/mol. The van der Waals surface area contributed by atoms with Crippen LogP contribution in [-0.4, -0.2) is 10.9 Å². The molecule has 0 N–H and O–H groups in total. The van der Waals surface area contributed by atoms with Gasteiger partial charge in [0.1, 0.15) is 11.9 Å². The smallest absolute Gasteiger partial charge is 0.419 e. The average Bonchev–Trinajstić information content (AvgIpc) is 2.36. The van der Waals surface area contributed by atoms with E-state index in [9.17, 15) is 13.2 Å². The summed E-state index contributed by atoms with van der Waals surface area (Å²) < 4.78 is 44.3. The molecule has 1 nitrogen and oxygen atoms in total. The minimum atomic E-state index is -4.38. The van der Waals surface area contributed by atoms with Gasteiger partial charge in [-0.1, -0.05) is 41.9 Å². The molecule has 2 rings (SSSR count). The molecule has 3 unspecified atom stereocenters. The summed E-state index contributed by atoms with van der Waals surface area (Å²) >= 11 is 3.55. The Hall–Kier alpha value is -0.710. The first-order valence-corrected chi connectivity index (χ1v) is 7.17. The van der Waals surface area contributed by atoms with E-state index in [0.29, 0.717) is 4.83 Å². The molecule has 0 saturated heterocycles. The van der Waals surface area contributed by atoms with Gasteiger partial charge in [0.25, 0.3) is 0 Å². The molecule has 1 saturated carbocycles. The van der Waals surface area contributed by atoms with Gasteiger partial charge >= 0.3 is 6.18 Å². The second kappa shape index (κ2) is 5.00. The van der Waals surface area contributed by atoms with Crippen LogP contribution in [0.2, 0.25) is 0 Å². The Morgan fingerprint density at radius 1 is 1.37 bits per heavy atom. The highest BCUT2D eigenvalue weighted by atomic mass is 79.9. The molecule has 0 spiro atoms. The van der Waals surface area contributed by atoms with Gasteiger partial charge in [0.15, 0.2) is 0 Å². The van der Waals surface area contributed by atoms with Crippen molar-refractivity contribution in [3.05, 3.63) is 29.8 Å². The number of hydrogen-bond acceptors (Lipinski definition) is 1. The fourth-order valence-corrected chi connectivity index (χ4v) is 3.31. The Kier molecular flexibility index (Phi) is 3.87. The highest BCUT2D eigenvalue weighted by Crippen LogP contribution is 2.51. The Balaban J connectivity index is 2.22. The number of para-hydroxylation sites is 1. The molecule has 19 heavy (non-hydrogen) atoms. The highest BCUT2D eigenvalue weighted by molar-refractivity contribution is 9.09. The zero-order valence-electron chi connectivity index (χ0n) is 10.8. The van der Waals surface area contributed by atoms with Gasteiger partial charge < -0.3 is 4.74 Å². The van der Waals surface area contributed by atoms with Gasteiger partial charge in [-0.15, -0.1) is 0 Å². The highest BCUT2D eigenvalue weighted by Gasteiger charge is 2.51. The van der Waals surface area contributed by atoms with Gasteiger partial charge in [-0.3, -0.25) is 0 Å². The summed E-state index contributed by atoms with van der Waals surface area (Å²) in [6, 6.07) is 5.39. The van der Waals surface area contributed by atoms with E-state index in [1.807, 2.05) is 13.8 Å². The van der Waals surface area contributed by atoms with E-state index in [-0.39, 0.29) is 17.3 Å². The molecule has 0 aliphatic heterocycles. The van der Waals surface area contributed by atoms with E-state index >= 15 is 0 Å². The zero-order valence-corrected chi connectivity index (χ0v) is 12.4. The Bertz CT molecular complexity index is 460. The molecule has 0 amide bonds. The van der Waals surface area contributed by atoms with E-state index in [2.05, 4.69) is 15.9 Å². The molecule has 5 heteroatoms. The molecule has 1 aliphatic carbocycles. The lowest BCUT2D eigenvalue weighted by Crippen LogP contribution is -2.54. The number of hydrogen-bond donors (Lipinski definition) is 0. The van der Waals surface area contributed by atoms with Crippen molar-refractivity contribution < 1.29 is 17.9 Å². The zero-order chi connectivity index (χ0) is 14.3. The van der Waals surface area contributed by atoms with Gasteiger partial charge in [0.2, 0.25) is 0 Å². The van der Waals surface area contributed by atoms with Crippen molar-refractivity contribution in [3.8, 4) is 5.75 Å². The van der Waals surface area contributed by atoms with Gasteiger partial charge in [0, 0.05) is 10.2 Å². The molecule has 0 radical (unpaired) electrons. The van der Waals surface area contributed by atoms with E-state index in [1.54, 1.807) is 6.07 Å². The Morgan fingerprint density at radius 2 is 2.00 bits per heavy atom. The SMILES string of the molecule is CCC1(C)C(Br)CC1Oc1ccccc1C(F)(F)F. The van der Waals surface area contributed by atoms with Crippen molar-refractivity contribution in [2.24, 2.45) is 5.41 Å². The lowest BCUT2D eigenvalue weighted by molar-refractivity contribution is -0.140. The van der Waals surface area contributed by atoms with Crippen LogP contribution in [-0.2, 0) is 6.18 Å². The first-order valence-electron chi connectivity index (χ1n) is 6.26. The van der Waals surface area contributed by atoms with E-state index in [1.165, 1.54) is 12.1 Å². The molecule has 1 aromatic rings. The van der Waals surface area contributed by atoms with Crippen LogP contribution in [0.1, 0.15) is 32.3 Å². The quantitative estimate of drug-likeness (QED) is 0.703. The molecule has 0 aromatic heterocycles. The molecule has 3 atom stereocenters. The summed E-state index contributed by atoms with van der Waals surface area (Å²) in [4.78, 5) is 0.299. The second-order valence-corrected chi connectivity index (χ2v) is 6.27. The van der Waals surface area contributed by atoms with Gasteiger partial charge in [-0.05, 0) is 25.0 Å². The van der Waals surface area contributed by atoms with Crippen LogP contribution in [0.5, 0.6) is 5.75 Å². The second-order valence-electron chi connectivity index (χ2n) is 5.16. The third-order valence-electron chi connectivity index (χ3n) is 4.10. The van der Waals surface area contributed by atoms with Crippen molar-refractivity contribution in [3.63, 3.8) is 0 Å². The fourth-order valence-electron chi connectivity index (χ4n) is 2.36. The maximum atomic E-state index is 12.9. The van der Waals surface area contributed by atoms with Crippen molar-refractivity contribution in [1.82, 2.24) is 0 Å². The number of rotatable bonds is 3. The van der Waals surface area contributed by atoms with Crippen LogP contribution in [0.4, 0.5) is 13.2 Å². The van der Waals surface area contributed by atoms with Crippen LogP contribution < -0.4 is 4.74 Å². The maximum Gasteiger partial charge on any atom is 0.419 e. The predicted octanol–water partition coefficient (Wildman–Crippen LogP) is 5.04. The molecule has 0 bridgehead atoms. The summed E-state index contributed by atoms with van der Waals surface area (Å²) in [5.41, 5.74) is -0.815. The topological polar surface area (TPSA) is 9.23 Å². The summed E-state index contributed by atoms with van der Waals surface area (Å²) in [7, 11) is 0. The monoisotopic (exact) mass is 336 g/mol. The van der Waals surface area contributed by atoms with Gasteiger partial charge in [-0.2, -0.15) is 13.2 Å². The van der Waals surface area contributed by atoms with Gasteiger partial charge in [-0.25, -0.2) is 0 Å². The molecule has 1 aromatic carbocycles. The van der Waals surface area contributed by atoms with Crippen molar-refractivity contribution >= 4 is 15.9 Å². The first kappa shape index (κ1) is 14.7.